The van der Waals surface area contributed by atoms with E-state index in [9.17, 15) is 0 Å². The van der Waals surface area contributed by atoms with Crippen molar-refractivity contribution in [2.75, 3.05) is 17.8 Å². The molecular formula is C11H17S+. The van der Waals surface area contributed by atoms with E-state index in [1.54, 1.807) is 0 Å². The second-order valence-corrected chi connectivity index (χ2v) is 5.56. The summed E-state index contributed by atoms with van der Waals surface area (Å²) in [7, 11) is 0.623. The number of rotatable bonds is 4. The van der Waals surface area contributed by atoms with Gasteiger partial charge in [0.2, 0.25) is 0 Å². The number of hydrogen-bond acceptors (Lipinski definition) is 0. The van der Waals surface area contributed by atoms with Gasteiger partial charge in [0.15, 0.2) is 0 Å². The Balaban J connectivity index is 2.33. The molecule has 1 rings (SSSR count). The summed E-state index contributed by atoms with van der Waals surface area (Å²) in [5.41, 5.74) is 1.48. The highest BCUT2D eigenvalue weighted by Crippen LogP contribution is 2.02. The molecule has 0 aromatic heterocycles. The van der Waals surface area contributed by atoms with Crippen LogP contribution in [0.15, 0.2) is 30.3 Å². The first-order valence-corrected chi connectivity index (χ1v) is 6.43. The summed E-state index contributed by atoms with van der Waals surface area (Å²) in [6.45, 7) is 2.27. The van der Waals surface area contributed by atoms with E-state index >= 15 is 0 Å². The lowest BCUT2D eigenvalue weighted by molar-refractivity contribution is 1.15. The van der Waals surface area contributed by atoms with Crippen molar-refractivity contribution in [1.29, 1.82) is 0 Å². The quantitative estimate of drug-likeness (QED) is 0.626. The molecule has 1 atom stereocenters. The molecule has 0 nitrogen and oxygen atoms in total. The fourth-order valence-corrected chi connectivity index (χ4v) is 1.95. The van der Waals surface area contributed by atoms with Gasteiger partial charge >= 0.3 is 0 Å². The van der Waals surface area contributed by atoms with E-state index < -0.39 is 0 Å². The summed E-state index contributed by atoms with van der Waals surface area (Å²) in [6, 6.07) is 10.7. The molecule has 0 fully saturated rings. The van der Waals surface area contributed by atoms with Gasteiger partial charge in [-0.15, -0.1) is 0 Å². The molecule has 66 valence electrons. The van der Waals surface area contributed by atoms with E-state index in [1.807, 2.05) is 0 Å². The summed E-state index contributed by atoms with van der Waals surface area (Å²) in [5.74, 6) is 2.67. The van der Waals surface area contributed by atoms with Crippen molar-refractivity contribution in [3.63, 3.8) is 0 Å². The van der Waals surface area contributed by atoms with Gasteiger partial charge in [0, 0.05) is 6.42 Å². The van der Waals surface area contributed by atoms with E-state index in [4.69, 9.17) is 0 Å². The maximum Gasteiger partial charge on any atom is 0.111 e. The van der Waals surface area contributed by atoms with Gasteiger partial charge in [-0.05, 0) is 23.4 Å². The maximum atomic E-state index is 2.35. The minimum Gasteiger partial charge on any atom is -0.0622 e. The highest BCUT2D eigenvalue weighted by molar-refractivity contribution is 7.96. The fourth-order valence-electron chi connectivity index (χ4n) is 1.08. The average Bonchev–Trinajstić information content (AvgIpc) is 2.16. The third-order valence-electron chi connectivity index (χ3n) is 2.07. The van der Waals surface area contributed by atoms with Crippen LogP contribution in [0.1, 0.15) is 12.5 Å². The van der Waals surface area contributed by atoms with Crippen molar-refractivity contribution in [2.24, 2.45) is 0 Å². The molecule has 12 heavy (non-hydrogen) atoms. The average molecular weight is 181 g/mol. The molecule has 0 spiro atoms. The number of hydrogen-bond donors (Lipinski definition) is 0. The van der Waals surface area contributed by atoms with Crippen LogP contribution in [0.3, 0.4) is 0 Å². The van der Waals surface area contributed by atoms with Gasteiger partial charge in [0.1, 0.15) is 11.5 Å². The first kappa shape index (κ1) is 9.66. The topological polar surface area (TPSA) is 0 Å². The molecule has 1 aromatic rings. The lowest BCUT2D eigenvalue weighted by Gasteiger charge is -2.00. The predicted octanol–water partition coefficient (Wildman–Crippen LogP) is 2.50. The van der Waals surface area contributed by atoms with Crippen molar-refractivity contribution >= 4 is 10.9 Å². The molecule has 0 saturated heterocycles. The minimum absolute atomic E-state index is 0.623. The Bertz CT molecular complexity index is 206. The van der Waals surface area contributed by atoms with Gasteiger partial charge in [-0.1, -0.05) is 30.3 Å². The highest BCUT2D eigenvalue weighted by Gasteiger charge is 2.06. The molecule has 0 aliphatic heterocycles. The van der Waals surface area contributed by atoms with Crippen LogP contribution in [-0.2, 0) is 17.3 Å². The van der Waals surface area contributed by atoms with E-state index in [2.05, 4.69) is 43.5 Å². The lowest BCUT2D eigenvalue weighted by atomic mass is 10.2. The van der Waals surface area contributed by atoms with Crippen LogP contribution < -0.4 is 0 Å². The van der Waals surface area contributed by atoms with E-state index in [0.717, 1.165) is 0 Å². The van der Waals surface area contributed by atoms with Crippen molar-refractivity contribution in [3.05, 3.63) is 35.9 Å². The normalized spacial score (nSPS) is 12.8. The first-order valence-electron chi connectivity index (χ1n) is 4.46. The highest BCUT2D eigenvalue weighted by atomic mass is 32.2. The molecule has 0 saturated carbocycles. The Kier molecular flexibility index (Phi) is 4.23. The molecular weight excluding hydrogens is 164 g/mol. The number of benzene rings is 1. The second-order valence-electron chi connectivity index (χ2n) is 3.01. The maximum absolute atomic E-state index is 2.35. The Labute approximate surface area is 78.3 Å². The SMILES string of the molecule is CC[S+](C)CCc1ccccc1. The fraction of sp³-hybridized carbons (Fsp3) is 0.455. The smallest absolute Gasteiger partial charge is 0.0622 e. The number of aryl methyl sites for hydroxylation is 1. The van der Waals surface area contributed by atoms with E-state index in [-0.39, 0.29) is 0 Å². The molecule has 0 aliphatic carbocycles. The third kappa shape index (κ3) is 3.31. The van der Waals surface area contributed by atoms with Gasteiger partial charge in [0.05, 0.1) is 6.26 Å². The van der Waals surface area contributed by atoms with Crippen molar-refractivity contribution in [1.82, 2.24) is 0 Å². The molecule has 0 radical (unpaired) electrons. The summed E-state index contributed by atoms with van der Waals surface area (Å²) < 4.78 is 0. The molecule has 0 heterocycles. The molecule has 0 bridgehead atoms. The zero-order valence-corrected chi connectivity index (χ0v) is 8.73. The Morgan fingerprint density at radius 2 is 1.83 bits per heavy atom. The molecule has 1 unspecified atom stereocenters. The third-order valence-corrected chi connectivity index (χ3v) is 3.96. The van der Waals surface area contributed by atoms with Crippen LogP contribution in [0.2, 0.25) is 0 Å². The zero-order chi connectivity index (χ0) is 8.81. The van der Waals surface area contributed by atoms with Gasteiger partial charge in [0.25, 0.3) is 0 Å². The van der Waals surface area contributed by atoms with Crippen LogP contribution >= 0.6 is 0 Å². The standard InChI is InChI=1S/C11H17S/c1-3-12(2)10-9-11-7-5-4-6-8-11/h4-8H,3,9-10H2,1-2H3/q+1. The Morgan fingerprint density at radius 3 is 2.42 bits per heavy atom. The van der Waals surface area contributed by atoms with Crippen LogP contribution in [0, 0.1) is 0 Å². The van der Waals surface area contributed by atoms with Crippen LogP contribution in [0.25, 0.3) is 0 Å². The van der Waals surface area contributed by atoms with Crippen LogP contribution in [0.5, 0.6) is 0 Å². The predicted molar refractivity (Wildman–Crippen MR) is 58.8 cm³/mol. The second kappa shape index (κ2) is 5.26. The summed E-state index contributed by atoms with van der Waals surface area (Å²) in [5, 5.41) is 0. The van der Waals surface area contributed by atoms with Gasteiger partial charge < -0.3 is 0 Å². The molecule has 1 aromatic carbocycles. The van der Waals surface area contributed by atoms with Crippen molar-refractivity contribution in [3.8, 4) is 0 Å². The monoisotopic (exact) mass is 181 g/mol. The first-order chi connectivity index (χ1) is 5.83. The summed E-state index contributed by atoms with van der Waals surface area (Å²) in [4.78, 5) is 0. The largest absolute Gasteiger partial charge is 0.111 e. The van der Waals surface area contributed by atoms with Gasteiger partial charge in [-0.3, -0.25) is 0 Å². The van der Waals surface area contributed by atoms with E-state index in [1.165, 1.54) is 23.5 Å². The Hall–Kier alpha value is -0.430. The van der Waals surface area contributed by atoms with Crippen LogP contribution in [-0.4, -0.2) is 17.8 Å². The van der Waals surface area contributed by atoms with Crippen LogP contribution in [0.4, 0.5) is 0 Å². The Morgan fingerprint density at radius 1 is 1.17 bits per heavy atom. The summed E-state index contributed by atoms with van der Waals surface area (Å²) >= 11 is 0. The van der Waals surface area contributed by atoms with Gasteiger partial charge in [-0.25, -0.2) is 0 Å². The molecule has 1 heteroatoms. The van der Waals surface area contributed by atoms with Crippen molar-refractivity contribution < 1.29 is 0 Å². The summed E-state index contributed by atoms with van der Waals surface area (Å²) in [6.07, 6.45) is 3.59. The lowest BCUT2D eigenvalue weighted by Crippen LogP contribution is -2.09. The molecule has 0 N–H and O–H groups in total. The van der Waals surface area contributed by atoms with Gasteiger partial charge in [-0.2, -0.15) is 0 Å². The zero-order valence-electron chi connectivity index (χ0n) is 7.92. The van der Waals surface area contributed by atoms with E-state index in [0.29, 0.717) is 10.9 Å². The van der Waals surface area contributed by atoms with Crippen molar-refractivity contribution in [2.45, 2.75) is 13.3 Å². The minimum atomic E-state index is 0.623. The molecule has 0 aliphatic rings. The molecule has 0 amide bonds.